The highest BCUT2D eigenvalue weighted by atomic mass is 16.2. The lowest BCUT2D eigenvalue weighted by atomic mass is 10.1. The lowest BCUT2D eigenvalue weighted by Gasteiger charge is -2.23. The smallest absolute Gasteiger partial charge is 0.248 e. The fourth-order valence-electron chi connectivity index (χ4n) is 3.30. The van der Waals surface area contributed by atoms with Crippen molar-refractivity contribution >= 4 is 28.5 Å². The Bertz CT molecular complexity index is 919. The molecular weight excluding hydrogens is 316 g/mol. The molecule has 0 bridgehead atoms. The third-order valence-corrected chi connectivity index (χ3v) is 4.56. The number of H-pyrrole nitrogens is 1. The van der Waals surface area contributed by atoms with Crippen LogP contribution >= 0.6 is 0 Å². The first kappa shape index (κ1) is 15.4. The molecule has 0 spiro atoms. The van der Waals surface area contributed by atoms with Gasteiger partial charge in [-0.1, -0.05) is 24.3 Å². The van der Waals surface area contributed by atoms with Crippen LogP contribution in [0.1, 0.15) is 18.4 Å². The lowest BCUT2D eigenvalue weighted by molar-refractivity contribution is -0.133. The first-order valence-electron chi connectivity index (χ1n) is 8.29. The normalized spacial score (nSPS) is 17.2. The van der Waals surface area contributed by atoms with Crippen LogP contribution in [0.25, 0.3) is 10.9 Å². The quantitative estimate of drug-likeness (QED) is 0.770. The molecule has 3 aromatic rings. The molecule has 1 atom stereocenters. The van der Waals surface area contributed by atoms with Gasteiger partial charge < -0.3 is 15.2 Å². The lowest BCUT2D eigenvalue weighted by Crippen LogP contribution is -2.41. The van der Waals surface area contributed by atoms with E-state index < -0.39 is 6.04 Å². The number of aromatic amines is 1. The third-order valence-electron chi connectivity index (χ3n) is 4.56. The molecule has 1 aromatic carbocycles. The van der Waals surface area contributed by atoms with Crippen LogP contribution in [0.2, 0.25) is 0 Å². The highest BCUT2D eigenvalue weighted by molar-refractivity contribution is 5.98. The Morgan fingerprint density at radius 3 is 2.92 bits per heavy atom. The zero-order chi connectivity index (χ0) is 17.2. The molecule has 6 heteroatoms. The number of rotatable bonds is 4. The zero-order valence-corrected chi connectivity index (χ0v) is 13.6. The molecule has 6 nitrogen and oxygen atoms in total. The van der Waals surface area contributed by atoms with E-state index in [9.17, 15) is 9.59 Å². The van der Waals surface area contributed by atoms with E-state index in [1.165, 1.54) is 0 Å². The molecule has 4 rings (SSSR count). The van der Waals surface area contributed by atoms with Gasteiger partial charge in [-0.3, -0.25) is 9.59 Å². The molecule has 3 heterocycles. The third kappa shape index (κ3) is 2.98. The topological polar surface area (TPSA) is 78.1 Å². The Balaban J connectivity index is 1.54. The van der Waals surface area contributed by atoms with Gasteiger partial charge in [-0.25, -0.2) is 4.98 Å². The zero-order valence-electron chi connectivity index (χ0n) is 13.6. The van der Waals surface area contributed by atoms with E-state index in [2.05, 4.69) is 15.3 Å². The van der Waals surface area contributed by atoms with Crippen LogP contribution in [0.3, 0.4) is 0 Å². The first-order chi connectivity index (χ1) is 12.2. The van der Waals surface area contributed by atoms with Gasteiger partial charge in [-0.2, -0.15) is 0 Å². The Hall–Kier alpha value is -3.15. The summed E-state index contributed by atoms with van der Waals surface area (Å²) in [6, 6.07) is 12.8. The summed E-state index contributed by atoms with van der Waals surface area (Å²) in [5.74, 6) is 0.315. The van der Waals surface area contributed by atoms with Crippen molar-refractivity contribution in [2.45, 2.75) is 25.4 Å². The number of anilines is 1. The van der Waals surface area contributed by atoms with E-state index in [4.69, 9.17) is 0 Å². The molecule has 0 unspecified atom stereocenters. The number of fused-ring (bicyclic) bond motifs is 1. The van der Waals surface area contributed by atoms with E-state index in [1.807, 2.05) is 36.5 Å². The maximum atomic E-state index is 12.6. The minimum absolute atomic E-state index is 0.00597. The van der Waals surface area contributed by atoms with Gasteiger partial charge in [0, 0.05) is 36.3 Å². The van der Waals surface area contributed by atoms with Crippen molar-refractivity contribution in [1.29, 1.82) is 0 Å². The van der Waals surface area contributed by atoms with E-state index in [1.54, 1.807) is 23.2 Å². The van der Waals surface area contributed by atoms with E-state index in [0.29, 0.717) is 25.2 Å². The molecule has 0 saturated carbocycles. The van der Waals surface area contributed by atoms with Crippen LogP contribution < -0.4 is 5.32 Å². The number of amides is 2. The molecule has 0 aliphatic carbocycles. The van der Waals surface area contributed by atoms with Crippen molar-refractivity contribution in [3.05, 3.63) is 60.4 Å². The summed E-state index contributed by atoms with van der Waals surface area (Å²) >= 11 is 0. The van der Waals surface area contributed by atoms with Crippen LogP contribution in [0, 0.1) is 0 Å². The molecule has 25 heavy (non-hydrogen) atoms. The molecule has 1 saturated heterocycles. The van der Waals surface area contributed by atoms with Crippen LogP contribution in [-0.4, -0.2) is 32.7 Å². The van der Waals surface area contributed by atoms with Crippen LogP contribution in [0.4, 0.5) is 5.82 Å². The summed E-state index contributed by atoms with van der Waals surface area (Å²) in [5.41, 5.74) is 2.04. The maximum absolute atomic E-state index is 12.6. The Kier molecular flexibility index (Phi) is 3.93. The second-order valence-corrected chi connectivity index (χ2v) is 6.14. The van der Waals surface area contributed by atoms with Gasteiger partial charge in [0.1, 0.15) is 11.9 Å². The molecule has 1 aliphatic rings. The van der Waals surface area contributed by atoms with Crippen molar-refractivity contribution in [1.82, 2.24) is 14.9 Å². The summed E-state index contributed by atoms with van der Waals surface area (Å²) in [5, 5.41) is 3.87. The van der Waals surface area contributed by atoms with Gasteiger partial charge in [-0.05, 0) is 30.2 Å². The monoisotopic (exact) mass is 334 g/mol. The second kappa shape index (κ2) is 6.39. The second-order valence-electron chi connectivity index (χ2n) is 6.14. The molecule has 1 fully saturated rings. The highest BCUT2D eigenvalue weighted by Crippen LogP contribution is 2.26. The average molecular weight is 334 g/mol. The van der Waals surface area contributed by atoms with Crippen molar-refractivity contribution in [3.8, 4) is 0 Å². The van der Waals surface area contributed by atoms with Crippen molar-refractivity contribution in [3.63, 3.8) is 0 Å². The predicted octanol–water partition coefficient (Wildman–Crippen LogP) is 2.69. The van der Waals surface area contributed by atoms with Gasteiger partial charge in [0.05, 0.1) is 0 Å². The van der Waals surface area contributed by atoms with Crippen LogP contribution in [-0.2, 0) is 16.1 Å². The maximum Gasteiger partial charge on any atom is 0.248 e. The van der Waals surface area contributed by atoms with Gasteiger partial charge >= 0.3 is 0 Å². The summed E-state index contributed by atoms with van der Waals surface area (Å²) < 4.78 is 0. The molecule has 0 radical (unpaired) electrons. The SMILES string of the molecule is O=C(Nc1ccccn1)[C@@H]1CCC(=O)N1Cc1c[nH]c2ccccc12. The Labute approximate surface area is 144 Å². The first-order valence-corrected chi connectivity index (χ1v) is 8.29. The largest absolute Gasteiger partial charge is 0.361 e. The molecule has 2 N–H and O–H groups in total. The Morgan fingerprint density at radius 1 is 1.24 bits per heavy atom. The number of carbonyl (C=O) groups excluding carboxylic acids is 2. The number of pyridine rings is 1. The number of nitrogens with one attached hydrogen (secondary N) is 2. The highest BCUT2D eigenvalue weighted by Gasteiger charge is 2.36. The molecule has 2 amide bonds. The number of aromatic nitrogens is 2. The summed E-state index contributed by atoms with van der Waals surface area (Å²) in [4.78, 5) is 33.9. The van der Waals surface area contributed by atoms with Crippen molar-refractivity contribution in [2.75, 3.05) is 5.32 Å². The van der Waals surface area contributed by atoms with Gasteiger partial charge in [0.15, 0.2) is 0 Å². The van der Waals surface area contributed by atoms with Gasteiger partial charge in [0.2, 0.25) is 11.8 Å². The summed E-state index contributed by atoms with van der Waals surface area (Å²) in [7, 11) is 0. The Morgan fingerprint density at radius 2 is 2.08 bits per heavy atom. The predicted molar refractivity (Wildman–Crippen MR) is 94.7 cm³/mol. The molecule has 126 valence electrons. The fraction of sp³-hybridized carbons (Fsp3) is 0.211. The summed E-state index contributed by atoms with van der Waals surface area (Å²) in [6.45, 7) is 0.420. The number of hydrogen-bond acceptors (Lipinski definition) is 3. The number of hydrogen-bond donors (Lipinski definition) is 2. The number of carbonyl (C=O) groups is 2. The van der Waals surface area contributed by atoms with E-state index in [0.717, 1.165) is 16.5 Å². The average Bonchev–Trinajstić information content (AvgIpc) is 3.21. The minimum Gasteiger partial charge on any atom is -0.361 e. The van der Waals surface area contributed by atoms with Crippen LogP contribution in [0.15, 0.2) is 54.9 Å². The fourth-order valence-corrected chi connectivity index (χ4v) is 3.30. The van der Waals surface area contributed by atoms with Gasteiger partial charge in [0.25, 0.3) is 0 Å². The van der Waals surface area contributed by atoms with Gasteiger partial charge in [-0.15, -0.1) is 0 Å². The van der Waals surface area contributed by atoms with Crippen LogP contribution in [0.5, 0.6) is 0 Å². The van der Waals surface area contributed by atoms with E-state index >= 15 is 0 Å². The standard InChI is InChI=1S/C19H18N4O2/c24-18-9-8-16(19(25)22-17-7-3-4-10-20-17)23(18)12-13-11-21-15-6-2-1-5-14(13)15/h1-7,10-11,16,21H,8-9,12H2,(H,20,22,25)/t16-/m0/s1. The van der Waals surface area contributed by atoms with E-state index in [-0.39, 0.29) is 11.8 Å². The van der Waals surface area contributed by atoms with Crippen molar-refractivity contribution in [2.24, 2.45) is 0 Å². The molecule has 1 aliphatic heterocycles. The number of likely N-dealkylation sites (tertiary alicyclic amines) is 1. The summed E-state index contributed by atoms with van der Waals surface area (Å²) in [6.07, 6.45) is 4.45. The number of para-hydroxylation sites is 1. The minimum atomic E-state index is -0.469. The number of nitrogens with zero attached hydrogens (tertiary/aromatic N) is 2. The number of benzene rings is 1. The van der Waals surface area contributed by atoms with Crippen molar-refractivity contribution < 1.29 is 9.59 Å². The molecular formula is C19H18N4O2. The molecule has 2 aromatic heterocycles.